The number of fused-ring (bicyclic) bond motifs is 1. The molecule has 4 rings (SSSR count). The summed E-state index contributed by atoms with van der Waals surface area (Å²) in [7, 11) is 7.59. The molecule has 3 N–H and O–H groups in total. The Kier molecular flexibility index (Phi) is 7.35. The summed E-state index contributed by atoms with van der Waals surface area (Å²) in [6.45, 7) is 3.11. The molecule has 4 aromatic rings. The number of methoxy groups -OCH3 is 1. The number of ether oxygens (including phenoxy) is 1. The summed E-state index contributed by atoms with van der Waals surface area (Å²) in [5.41, 5.74) is 3.71. The lowest BCUT2D eigenvalue weighted by atomic mass is 10.1. The molecule has 36 heavy (non-hydrogen) atoms. The van der Waals surface area contributed by atoms with E-state index in [9.17, 15) is 9.18 Å². The molecule has 2 heterocycles. The van der Waals surface area contributed by atoms with Crippen molar-refractivity contribution in [3.8, 4) is 17.0 Å². The first-order valence-electron chi connectivity index (χ1n) is 11.5. The number of para-hydroxylation sites is 1. The van der Waals surface area contributed by atoms with Gasteiger partial charge in [-0.25, -0.2) is 14.4 Å². The number of amides is 1. The van der Waals surface area contributed by atoms with Crippen LogP contribution in [0.25, 0.3) is 22.2 Å². The van der Waals surface area contributed by atoms with E-state index in [-0.39, 0.29) is 17.5 Å². The second-order valence-corrected chi connectivity index (χ2v) is 8.74. The van der Waals surface area contributed by atoms with Gasteiger partial charge in [-0.1, -0.05) is 12.1 Å². The fraction of sp³-hybridized carbons (Fsp3) is 0.269. The summed E-state index contributed by atoms with van der Waals surface area (Å²) >= 11 is 0. The Bertz CT molecular complexity index is 1390. The number of hydrogen-bond donors (Lipinski definition) is 3. The number of aromatic nitrogens is 3. The van der Waals surface area contributed by atoms with Crippen molar-refractivity contribution in [1.29, 1.82) is 0 Å². The third-order valence-corrected chi connectivity index (χ3v) is 5.75. The van der Waals surface area contributed by atoms with Crippen LogP contribution in [-0.4, -0.2) is 67.1 Å². The normalized spacial score (nSPS) is 11.1. The molecule has 0 aliphatic heterocycles. The van der Waals surface area contributed by atoms with E-state index >= 15 is 0 Å². The van der Waals surface area contributed by atoms with Crippen molar-refractivity contribution in [2.45, 2.75) is 6.92 Å². The number of carbonyl (C=O) groups is 1. The average molecular weight is 492 g/mol. The maximum Gasteiger partial charge on any atom is 0.227 e. The lowest BCUT2D eigenvalue weighted by molar-refractivity contribution is -0.114. The number of hydrogen-bond acceptors (Lipinski definition) is 7. The fourth-order valence-electron chi connectivity index (χ4n) is 3.94. The van der Waals surface area contributed by atoms with Crippen molar-refractivity contribution in [3.63, 3.8) is 0 Å². The molecular weight excluding hydrogens is 461 g/mol. The topological polar surface area (TPSA) is 98.4 Å². The molecule has 188 valence electrons. The third kappa shape index (κ3) is 5.38. The van der Waals surface area contributed by atoms with E-state index in [4.69, 9.17) is 4.74 Å². The minimum Gasteiger partial charge on any atom is -0.495 e. The number of rotatable bonds is 9. The van der Waals surface area contributed by atoms with Crippen LogP contribution in [0.2, 0.25) is 0 Å². The third-order valence-electron chi connectivity index (χ3n) is 5.75. The van der Waals surface area contributed by atoms with E-state index in [0.29, 0.717) is 22.7 Å². The average Bonchev–Trinajstić information content (AvgIpc) is 3.27. The molecule has 0 radical (unpaired) electrons. The molecule has 0 unspecified atom stereocenters. The van der Waals surface area contributed by atoms with Gasteiger partial charge in [-0.15, -0.1) is 0 Å². The van der Waals surface area contributed by atoms with E-state index < -0.39 is 5.82 Å². The highest BCUT2D eigenvalue weighted by Gasteiger charge is 2.17. The van der Waals surface area contributed by atoms with Crippen LogP contribution < -0.4 is 20.3 Å². The standard InChI is InChI=1S/C26H30FN7O2/c1-16(35)30-21-13-17(9-10-22(21)34(4)12-11-33(2)3)31-26-29-15-20(27)24(32-26)19-14-28-25-18(19)7-6-8-23(25)36-5/h6-10,13-15,28H,11-12H2,1-5H3,(H,30,35)(H,29,31,32). The Balaban J connectivity index is 1.65. The number of H-pyrrole nitrogens is 1. The Labute approximate surface area is 209 Å². The van der Waals surface area contributed by atoms with Crippen molar-refractivity contribution >= 4 is 39.8 Å². The molecule has 2 aromatic carbocycles. The summed E-state index contributed by atoms with van der Waals surface area (Å²) in [5.74, 6) is 0.171. The van der Waals surface area contributed by atoms with E-state index in [1.54, 1.807) is 13.3 Å². The van der Waals surface area contributed by atoms with E-state index in [0.717, 1.165) is 35.9 Å². The zero-order valence-corrected chi connectivity index (χ0v) is 21.0. The Morgan fingerprint density at radius 2 is 1.97 bits per heavy atom. The second-order valence-electron chi connectivity index (χ2n) is 8.74. The Morgan fingerprint density at radius 1 is 1.17 bits per heavy atom. The van der Waals surface area contributed by atoms with Gasteiger partial charge in [-0.05, 0) is 38.4 Å². The first kappa shape index (κ1) is 24.9. The number of nitrogens with zero attached hydrogens (tertiary/aromatic N) is 4. The smallest absolute Gasteiger partial charge is 0.227 e. The quantitative estimate of drug-likeness (QED) is 0.318. The van der Waals surface area contributed by atoms with Crippen LogP contribution in [0.4, 0.5) is 27.4 Å². The van der Waals surface area contributed by atoms with Gasteiger partial charge in [0, 0.05) is 49.9 Å². The van der Waals surface area contributed by atoms with Gasteiger partial charge in [-0.2, -0.15) is 0 Å². The van der Waals surface area contributed by atoms with Gasteiger partial charge >= 0.3 is 0 Å². The van der Waals surface area contributed by atoms with E-state index in [1.807, 2.05) is 57.5 Å². The highest BCUT2D eigenvalue weighted by molar-refractivity contribution is 5.98. The lowest BCUT2D eigenvalue weighted by Crippen LogP contribution is -2.29. The number of anilines is 4. The number of halogens is 1. The second kappa shape index (κ2) is 10.6. The highest BCUT2D eigenvalue weighted by atomic mass is 19.1. The molecule has 0 atom stereocenters. The maximum atomic E-state index is 14.8. The van der Waals surface area contributed by atoms with Crippen molar-refractivity contribution in [1.82, 2.24) is 19.9 Å². The fourth-order valence-corrected chi connectivity index (χ4v) is 3.94. The van der Waals surface area contributed by atoms with Crippen molar-refractivity contribution < 1.29 is 13.9 Å². The van der Waals surface area contributed by atoms with Crippen LogP contribution >= 0.6 is 0 Å². The molecule has 0 spiro atoms. The van der Waals surface area contributed by atoms with E-state index in [1.165, 1.54) is 6.92 Å². The molecular formula is C26H30FN7O2. The minimum absolute atomic E-state index is 0.161. The van der Waals surface area contributed by atoms with Crippen molar-refractivity contribution in [3.05, 3.63) is 54.6 Å². The van der Waals surface area contributed by atoms with Gasteiger partial charge in [0.25, 0.3) is 0 Å². The Hall–Kier alpha value is -4.18. The summed E-state index contributed by atoms with van der Waals surface area (Å²) in [6.07, 6.45) is 2.84. The molecule has 0 aliphatic rings. The highest BCUT2D eigenvalue weighted by Crippen LogP contribution is 2.34. The van der Waals surface area contributed by atoms with Crippen LogP contribution in [0.5, 0.6) is 5.75 Å². The first-order chi connectivity index (χ1) is 17.3. The van der Waals surface area contributed by atoms with Crippen molar-refractivity contribution in [2.75, 3.05) is 56.9 Å². The summed E-state index contributed by atoms with van der Waals surface area (Å²) in [4.78, 5) is 27.7. The molecule has 0 bridgehead atoms. The minimum atomic E-state index is -0.541. The Morgan fingerprint density at radius 3 is 2.69 bits per heavy atom. The first-order valence-corrected chi connectivity index (χ1v) is 11.5. The molecule has 9 nitrogen and oxygen atoms in total. The molecule has 0 aliphatic carbocycles. The number of aromatic amines is 1. The largest absolute Gasteiger partial charge is 0.495 e. The SMILES string of the molecule is COc1cccc2c(-c3nc(Nc4ccc(N(C)CCN(C)C)c(NC(C)=O)c4)ncc3F)c[nH]c12. The predicted molar refractivity (Wildman–Crippen MR) is 142 cm³/mol. The summed E-state index contributed by atoms with van der Waals surface area (Å²) in [6, 6.07) is 11.2. The zero-order chi connectivity index (χ0) is 25.8. The van der Waals surface area contributed by atoms with Crippen LogP contribution in [-0.2, 0) is 4.79 Å². The van der Waals surface area contributed by atoms with Crippen LogP contribution in [0.3, 0.4) is 0 Å². The van der Waals surface area contributed by atoms with Crippen LogP contribution in [0.1, 0.15) is 6.92 Å². The summed E-state index contributed by atoms with van der Waals surface area (Å²) in [5, 5.41) is 6.81. The van der Waals surface area contributed by atoms with E-state index in [2.05, 4.69) is 35.4 Å². The van der Waals surface area contributed by atoms with Gasteiger partial charge in [0.2, 0.25) is 11.9 Å². The van der Waals surface area contributed by atoms with Crippen LogP contribution in [0, 0.1) is 5.82 Å². The van der Waals surface area contributed by atoms with Crippen LogP contribution in [0.15, 0.2) is 48.8 Å². The maximum absolute atomic E-state index is 14.8. The molecule has 1 amide bonds. The molecule has 0 saturated carbocycles. The van der Waals surface area contributed by atoms with Gasteiger partial charge in [0.1, 0.15) is 11.4 Å². The summed E-state index contributed by atoms with van der Waals surface area (Å²) < 4.78 is 20.2. The predicted octanol–water partition coefficient (Wildman–Crippen LogP) is 4.47. The molecule has 2 aromatic heterocycles. The van der Waals surface area contributed by atoms with Gasteiger partial charge < -0.3 is 30.2 Å². The zero-order valence-electron chi connectivity index (χ0n) is 21.0. The lowest BCUT2D eigenvalue weighted by Gasteiger charge is -2.24. The molecule has 0 saturated heterocycles. The number of benzene rings is 2. The molecule has 0 fully saturated rings. The van der Waals surface area contributed by atoms with Gasteiger partial charge in [0.05, 0.1) is 30.2 Å². The van der Waals surface area contributed by atoms with Crippen molar-refractivity contribution in [2.24, 2.45) is 0 Å². The number of nitrogens with one attached hydrogen (secondary N) is 3. The van der Waals surface area contributed by atoms with Gasteiger partial charge in [-0.3, -0.25) is 4.79 Å². The number of likely N-dealkylation sites (N-methyl/N-ethyl adjacent to an activating group) is 2. The van der Waals surface area contributed by atoms with Gasteiger partial charge in [0.15, 0.2) is 5.82 Å². The monoisotopic (exact) mass is 491 g/mol. The number of carbonyl (C=O) groups excluding carboxylic acids is 1. The molecule has 10 heteroatoms.